The van der Waals surface area contributed by atoms with E-state index in [9.17, 15) is 0 Å². The van der Waals surface area contributed by atoms with Crippen LogP contribution in [0.1, 0.15) is 127 Å². The molecular weight excluding hydrogens is 338 g/mol. The van der Waals surface area contributed by atoms with Gasteiger partial charge in [0.25, 0.3) is 0 Å². The van der Waals surface area contributed by atoms with Crippen molar-refractivity contribution in [3.8, 4) is 0 Å². The van der Waals surface area contributed by atoms with E-state index in [4.69, 9.17) is 4.98 Å². The van der Waals surface area contributed by atoms with Gasteiger partial charge in [-0.2, -0.15) is 0 Å². The highest BCUT2D eigenvalue weighted by Crippen LogP contribution is 2.44. The Kier molecular flexibility index (Phi) is 9.35. The molecule has 0 spiro atoms. The second kappa shape index (κ2) is 12.0. The first-order valence-electron chi connectivity index (χ1n) is 12.7. The molecule has 2 fully saturated rings. The minimum Gasteiger partial charge on any atom is -0.261 e. The lowest BCUT2D eigenvalue weighted by atomic mass is 9.68. The third-order valence-corrected chi connectivity index (χ3v) is 7.88. The van der Waals surface area contributed by atoms with Crippen molar-refractivity contribution in [2.45, 2.75) is 122 Å². The van der Waals surface area contributed by atoms with E-state index in [2.05, 4.69) is 32.2 Å². The molecule has 2 aliphatic rings. The molecule has 0 aromatic carbocycles. The van der Waals surface area contributed by atoms with Crippen LogP contribution in [-0.2, 0) is 6.42 Å². The van der Waals surface area contributed by atoms with Gasteiger partial charge < -0.3 is 0 Å². The second-order valence-electron chi connectivity index (χ2n) is 9.94. The SMILES string of the molecule is CCCCCCc1ccc([C@H]2CC[C@H]([C@H]3CC[C@H](CCCC)CC3)CC2)nc1. The summed E-state index contributed by atoms with van der Waals surface area (Å²) < 4.78 is 0. The molecule has 0 N–H and O–H groups in total. The van der Waals surface area contributed by atoms with Crippen molar-refractivity contribution in [3.63, 3.8) is 0 Å². The Hall–Kier alpha value is -0.850. The number of nitrogens with zero attached hydrogens (tertiary/aromatic N) is 1. The van der Waals surface area contributed by atoms with Crippen molar-refractivity contribution in [1.82, 2.24) is 4.98 Å². The topological polar surface area (TPSA) is 12.9 Å². The van der Waals surface area contributed by atoms with Gasteiger partial charge in [-0.15, -0.1) is 0 Å². The van der Waals surface area contributed by atoms with Gasteiger partial charge >= 0.3 is 0 Å². The standard InChI is InChI=1S/C27H45N/c1-3-5-7-8-10-23-13-20-27(28-21-23)26-18-16-25(17-19-26)24-14-11-22(12-15-24)9-6-4-2/h13,20-22,24-26H,3-12,14-19H2,1-2H3/t22-,24-,25-,26-. The fourth-order valence-electron chi connectivity index (χ4n) is 5.91. The highest BCUT2D eigenvalue weighted by Gasteiger charge is 2.31. The van der Waals surface area contributed by atoms with Crippen LogP contribution < -0.4 is 0 Å². The fourth-order valence-corrected chi connectivity index (χ4v) is 5.91. The van der Waals surface area contributed by atoms with Crippen LogP contribution in [-0.4, -0.2) is 4.98 Å². The van der Waals surface area contributed by atoms with Gasteiger partial charge in [0.15, 0.2) is 0 Å². The van der Waals surface area contributed by atoms with E-state index in [1.807, 2.05) is 0 Å². The summed E-state index contributed by atoms with van der Waals surface area (Å²) in [4.78, 5) is 4.88. The monoisotopic (exact) mass is 383 g/mol. The Morgan fingerprint density at radius 1 is 0.750 bits per heavy atom. The van der Waals surface area contributed by atoms with Crippen molar-refractivity contribution in [3.05, 3.63) is 29.6 Å². The maximum absolute atomic E-state index is 4.88. The molecule has 0 radical (unpaired) electrons. The quantitative estimate of drug-likeness (QED) is 0.369. The van der Waals surface area contributed by atoms with Crippen LogP contribution in [0.5, 0.6) is 0 Å². The van der Waals surface area contributed by atoms with E-state index in [1.165, 1.54) is 114 Å². The van der Waals surface area contributed by atoms with Crippen LogP contribution in [0.2, 0.25) is 0 Å². The second-order valence-corrected chi connectivity index (χ2v) is 9.94. The zero-order chi connectivity index (χ0) is 19.6. The molecule has 1 aromatic rings. The van der Waals surface area contributed by atoms with Crippen molar-refractivity contribution in [2.75, 3.05) is 0 Å². The molecule has 0 bridgehead atoms. The fraction of sp³-hybridized carbons (Fsp3) is 0.815. The van der Waals surface area contributed by atoms with Crippen molar-refractivity contribution in [2.24, 2.45) is 17.8 Å². The van der Waals surface area contributed by atoms with Crippen LogP contribution in [0.3, 0.4) is 0 Å². The Morgan fingerprint density at radius 2 is 1.43 bits per heavy atom. The molecule has 2 aliphatic carbocycles. The lowest BCUT2D eigenvalue weighted by Gasteiger charge is -2.37. The molecule has 2 saturated carbocycles. The van der Waals surface area contributed by atoms with Gasteiger partial charge in [-0.3, -0.25) is 4.98 Å². The maximum atomic E-state index is 4.88. The first-order chi connectivity index (χ1) is 13.8. The van der Waals surface area contributed by atoms with Crippen LogP contribution in [0.4, 0.5) is 0 Å². The summed E-state index contributed by atoms with van der Waals surface area (Å²) in [5.41, 5.74) is 2.81. The summed E-state index contributed by atoms with van der Waals surface area (Å²) in [6.45, 7) is 4.61. The number of unbranched alkanes of at least 4 members (excludes halogenated alkanes) is 4. The highest BCUT2D eigenvalue weighted by atomic mass is 14.7. The summed E-state index contributed by atoms with van der Waals surface area (Å²) in [6, 6.07) is 4.71. The first kappa shape index (κ1) is 21.8. The van der Waals surface area contributed by atoms with Crippen molar-refractivity contribution in [1.29, 1.82) is 0 Å². The van der Waals surface area contributed by atoms with E-state index < -0.39 is 0 Å². The van der Waals surface area contributed by atoms with Crippen LogP contribution >= 0.6 is 0 Å². The average Bonchev–Trinajstić information content (AvgIpc) is 2.76. The summed E-state index contributed by atoms with van der Waals surface area (Å²) in [5.74, 6) is 3.84. The third-order valence-electron chi connectivity index (χ3n) is 7.88. The molecular formula is C27H45N. The average molecular weight is 384 g/mol. The van der Waals surface area contributed by atoms with Gasteiger partial charge in [0.1, 0.15) is 0 Å². The highest BCUT2D eigenvalue weighted by molar-refractivity contribution is 5.17. The minimum absolute atomic E-state index is 0.728. The zero-order valence-corrected chi connectivity index (χ0v) is 18.8. The van der Waals surface area contributed by atoms with Crippen LogP contribution in [0.15, 0.2) is 18.3 Å². The number of pyridine rings is 1. The Balaban J connectivity index is 1.38. The van der Waals surface area contributed by atoms with E-state index in [0.717, 1.165) is 23.7 Å². The van der Waals surface area contributed by atoms with E-state index in [-0.39, 0.29) is 0 Å². The summed E-state index contributed by atoms with van der Waals surface area (Å²) in [7, 11) is 0. The largest absolute Gasteiger partial charge is 0.261 e. The minimum atomic E-state index is 0.728. The van der Waals surface area contributed by atoms with Gasteiger partial charge in [0.05, 0.1) is 0 Å². The van der Waals surface area contributed by atoms with Gasteiger partial charge in [0, 0.05) is 17.8 Å². The molecule has 0 amide bonds. The summed E-state index contributed by atoms with van der Waals surface area (Å²) >= 11 is 0. The number of aromatic nitrogens is 1. The van der Waals surface area contributed by atoms with E-state index >= 15 is 0 Å². The Labute approximate surface area is 175 Å². The predicted octanol–water partition coefficient (Wildman–Crippen LogP) is 8.47. The molecule has 158 valence electrons. The molecule has 0 atom stereocenters. The van der Waals surface area contributed by atoms with E-state index in [1.54, 1.807) is 0 Å². The Bertz CT molecular complexity index is 518. The molecule has 0 aliphatic heterocycles. The molecule has 1 nitrogen and oxygen atoms in total. The maximum Gasteiger partial charge on any atom is 0.0434 e. The van der Waals surface area contributed by atoms with Crippen molar-refractivity contribution >= 4 is 0 Å². The molecule has 0 unspecified atom stereocenters. The smallest absolute Gasteiger partial charge is 0.0434 e. The Morgan fingerprint density at radius 3 is 2.04 bits per heavy atom. The van der Waals surface area contributed by atoms with E-state index in [0.29, 0.717) is 0 Å². The molecule has 1 heteroatoms. The lowest BCUT2D eigenvalue weighted by Crippen LogP contribution is -2.25. The summed E-state index contributed by atoms with van der Waals surface area (Å²) in [5, 5.41) is 0. The lowest BCUT2D eigenvalue weighted by molar-refractivity contribution is 0.155. The third kappa shape index (κ3) is 6.60. The summed E-state index contributed by atoms with van der Waals surface area (Å²) in [6.07, 6.45) is 24.8. The zero-order valence-electron chi connectivity index (χ0n) is 18.8. The molecule has 1 aromatic heterocycles. The number of aryl methyl sites for hydroxylation is 1. The van der Waals surface area contributed by atoms with Crippen LogP contribution in [0.25, 0.3) is 0 Å². The molecule has 3 rings (SSSR count). The van der Waals surface area contributed by atoms with Crippen LogP contribution in [0, 0.1) is 17.8 Å². The molecule has 1 heterocycles. The van der Waals surface area contributed by atoms with Crippen molar-refractivity contribution < 1.29 is 0 Å². The number of hydrogen-bond acceptors (Lipinski definition) is 1. The van der Waals surface area contributed by atoms with Gasteiger partial charge in [-0.05, 0) is 80.8 Å². The molecule has 28 heavy (non-hydrogen) atoms. The first-order valence-corrected chi connectivity index (χ1v) is 12.7. The predicted molar refractivity (Wildman–Crippen MR) is 122 cm³/mol. The van der Waals surface area contributed by atoms with Gasteiger partial charge in [0.2, 0.25) is 0 Å². The normalized spacial score (nSPS) is 28.4. The van der Waals surface area contributed by atoms with Gasteiger partial charge in [-0.25, -0.2) is 0 Å². The number of hydrogen-bond donors (Lipinski definition) is 0. The molecule has 0 saturated heterocycles. The number of rotatable bonds is 10. The van der Waals surface area contributed by atoms with Gasteiger partial charge in [-0.1, -0.05) is 71.3 Å².